The Kier molecular flexibility index (Phi) is 14.6. The van der Waals surface area contributed by atoms with Gasteiger partial charge in [0.1, 0.15) is 13.3 Å². The molecule has 0 aliphatic rings. The summed E-state index contributed by atoms with van der Waals surface area (Å²) in [5.74, 6) is 0.611. The van der Waals surface area contributed by atoms with Crippen molar-refractivity contribution < 1.29 is 92.3 Å². The van der Waals surface area contributed by atoms with Crippen molar-refractivity contribution in [2.45, 2.75) is 6.42 Å². The minimum atomic E-state index is -5.33. The smallest absolute Gasteiger partial charge is 0.766 e. The van der Waals surface area contributed by atoms with E-state index in [2.05, 4.69) is 17.9 Å². The van der Waals surface area contributed by atoms with Crippen LogP contribution in [0.3, 0.4) is 0 Å². The van der Waals surface area contributed by atoms with Gasteiger partial charge in [-0.2, -0.15) is 4.44 Å². The van der Waals surface area contributed by atoms with Gasteiger partial charge in [-0.1, -0.05) is 30.0 Å². The van der Waals surface area contributed by atoms with Gasteiger partial charge in [-0.3, -0.25) is 9.13 Å². The van der Waals surface area contributed by atoms with Gasteiger partial charge in [-0.05, 0) is 24.1 Å². The average molecular weight is 437 g/mol. The van der Waals surface area contributed by atoms with E-state index < -0.39 is 29.6 Å². The fourth-order valence-corrected chi connectivity index (χ4v) is 4.41. The van der Waals surface area contributed by atoms with Crippen molar-refractivity contribution in [2.24, 2.45) is 0 Å². The van der Waals surface area contributed by atoms with Crippen LogP contribution in [0.15, 0.2) is 24.3 Å². The van der Waals surface area contributed by atoms with Gasteiger partial charge in [0.2, 0.25) is 15.5 Å². The molecule has 0 aliphatic heterocycles. The first-order valence-electron chi connectivity index (χ1n) is 5.42. The van der Waals surface area contributed by atoms with Crippen LogP contribution in [0, 0.1) is 0 Å². The Morgan fingerprint density at radius 1 is 1.09 bits per heavy atom. The van der Waals surface area contributed by atoms with E-state index in [1.807, 2.05) is 0 Å². The van der Waals surface area contributed by atoms with Crippen LogP contribution in [0.5, 0.6) is 5.75 Å². The summed E-state index contributed by atoms with van der Waals surface area (Å²) in [5.41, 5.74) is 0.617. The van der Waals surface area contributed by atoms with Gasteiger partial charge in [-0.25, -0.2) is 0 Å². The Hall–Kier alpha value is 2.57. The Morgan fingerprint density at radius 2 is 1.52 bits per heavy atom. The SMILES string of the molecule is O=P([O-])(O)N(CCc1ccc(OP(P)P)cc1)P(=O)([O-])O.[Na+].[Na+]. The summed E-state index contributed by atoms with van der Waals surface area (Å²) >= 11 is 0. The Bertz CT molecular complexity index is 540. The third kappa shape index (κ3) is 11.1. The van der Waals surface area contributed by atoms with Crippen molar-refractivity contribution in [1.29, 1.82) is 0 Å². The zero-order valence-corrected chi connectivity index (χ0v) is 21.6. The summed E-state index contributed by atoms with van der Waals surface area (Å²) < 4.78 is 26.9. The predicted molar refractivity (Wildman–Crippen MR) is 83.5 cm³/mol. The van der Waals surface area contributed by atoms with Crippen LogP contribution < -0.4 is 73.4 Å². The normalized spacial score (nSPS) is 16.0. The van der Waals surface area contributed by atoms with Crippen molar-refractivity contribution in [2.75, 3.05) is 6.54 Å². The van der Waals surface area contributed by atoms with Gasteiger partial charge in [0.15, 0.2) is 0 Å². The zero-order valence-electron chi connectivity index (χ0n) is 12.6. The fourth-order valence-electron chi connectivity index (χ4n) is 1.46. The molecule has 15 heteroatoms. The van der Waals surface area contributed by atoms with Crippen LogP contribution in [0.2, 0.25) is 0 Å². The van der Waals surface area contributed by atoms with Gasteiger partial charge >= 0.3 is 59.1 Å². The number of nitrogens with zero attached hydrogens (tertiary/aromatic N) is 1. The van der Waals surface area contributed by atoms with Crippen LogP contribution in [0.25, 0.3) is 0 Å². The van der Waals surface area contributed by atoms with Gasteiger partial charge in [0, 0.05) is 6.54 Å². The van der Waals surface area contributed by atoms with Crippen molar-refractivity contribution in [3.63, 3.8) is 0 Å². The van der Waals surface area contributed by atoms with Crippen LogP contribution in [0.1, 0.15) is 5.56 Å². The maximum absolute atomic E-state index is 10.9. The van der Waals surface area contributed by atoms with Gasteiger partial charge in [0.05, 0.1) is 0 Å². The largest absolute Gasteiger partial charge is 1.00 e. The molecule has 1 aromatic carbocycles. The molecule has 120 valence electrons. The average Bonchev–Trinajstić information content (AvgIpc) is 2.27. The third-order valence-corrected chi connectivity index (χ3v) is 6.30. The first-order valence-corrected chi connectivity index (χ1v) is 13.0. The minimum absolute atomic E-state index is 0. The summed E-state index contributed by atoms with van der Waals surface area (Å²) in [4.78, 5) is 39.5. The van der Waals surface area contributed by atoms with E-state index in [1.165, 1.54) is 0 Å². The number of rotatable bonds is 7. The van der Waals surface area contributed by atoms with Crippen molar-refractivity contribution >= 4 is 40.9 Å². The number of benzene rings is 1. The summed E-state index contributed by atoms with van der Waals surface area (Å²) in [7, 11) is -6.42. The van der Waals surface area contributed by atoms with Crippen molar-refractivity contribution in [3.8, 4) is 5.75 Å². The molecule has 0 radical (unpaired) electrons. The van der Waals surface area contributed by atoms with E-state index in [1.54, 1.807) is 24.3 Å². The summed E-state index contributed by atoms with van der Waals surface area (Å²) in [5, 5.41) is 0. The maximum atomic E-state index is 10.9. The summed E-state index contributed by atoms with van der Waals surface area (Å²) in [6.45, 7) is -0.589. The van der Waals surface area contributed by atoms with Gasteiger partial charge in [-0.15, -0.1) is 0 Å². The Balaban J connectivity index is 0. The molecule has 23 heavy (non-hydrogen) atoms. The molecule has 1 rings (SSSR count). The quantitative estimate of drug-likeness (QED) is 0.320. The zero-order chi connectivity index (χ0) is 16.3. The minimum Gasteiger partial charge on any atom is -0.766 e. The van der Waals surface area contributed by atoms with E-state index in [0.717, 1.165) is 0 Å². The fraction of sp³-hybridized carbons (Fsp3) is 0.250. The van der Waals surface area contributed by atoms with Crippen LogP contribution >= 0.6 is 40.9 Å². The number of hydrogen-bond donors (Lipinski definition) is 2. The molecular formula is C8H14NNa2O7P5. The molecule has 1 aromatic rings. The molecule has 8 nitrogen and oxygen atoms in total. The molecule has 4 unspecified atom stereocenters. The van der Waals surface area contributed by atoms with Crippen LogP contribution in [-0.4, -0.2) is 20.8 Å². The molecule has 2 N–H and O–H groups in total. The Labute approximate surface area is 184 Å². The second-order valence-corrected chi connectivity index (χ2v) is 12.9. The first kappa shape index (κ1) is 27.8. The van der Waals surface area contributed by atoms with Crippen molar-refractivity contribution in [3.05, 3.63) is 29.8 Å². The monoisotopic (exact) mass is 437 g/mol. The van der Waals surface area contributed by atoms with Gasteiger partial charge < -0.3 is 24.1 Å². The molecule has 0 amide bonds. The predicted octanol–water partition coefficient (Wildman–Crippen LogP) is -5.18. The second kappa shape index (κ2) is 12.1. The van der Waals surface area contributed by atoms with E-state index in [0.29, 0.717) is 11.3 Å². The molecule has 0 saturated heterocycles. The standard InChI is InChI=1S/C8H16NO7P5.2Na/c10-20(11,12)9(21(13,14)15)6-5-7-1-3-8(4-2-7)16-19(17)18;;/h1-4H,5-6,17-18H2,(H2,10,11,12)(H2,13,14,15);;/q;2*+1/p-2. The Morgan fingerprint density at radius 3 is 1.87 bits per heavy atom. The topological polar surface area (TPSA) is 133 Å². The first-order chi connectivity index (χ1) is 9.50. The number of hydrogen-bond acceptors (Lipinski definition) is 5. The van der Waals surface area contributed by atoms with Crippen LogP contribution in [0.4, 0.5) is 0 Å². The van der Waals surface area contributed by atoms with E-state index in [9.17, 15) is 18.9 Å². The molecule has 0 aliphatic carbocycles. The molecule has 0 aromatic heterocycles. The molecule has 0 bridgehead atoms. The molecular weight excluding hydrogens is 423 g/mol. The maximum Gasteiger partial charge on any atom is 1.00 e. The molecule has 0 saturated carbocycles. The molecule has 0 fully saturated rings. The second-order valence-electron chi connectivity index (χ2n) is 3.92. The van der Waals surface area contributed by atoms with E-state index in [-0.39, 0.29) is 70.0 Å². The summed E-state index contributed by atoms with van der Waals surface area (Å²) in [6, 6.07) is 6.55. The third-order valence-electron chi connectivity index (χ3n) is 2.32. The molecule has 0 spiro atoms. The van der Waals surface area contributed by atoms with E-state index in [4.69, 9.17) is 14.3 Å². The molecule has 0 heterocycles. The van der Waals surface area contributed by atoms with Crippen molar-refractivity contribution in [1.82, 2.24) is 4.44 Å². The summed E-state index contributed by atoms with van der Waals surface area (Å²) in [6.07, 6.45) is -0.00360. The van der Waals surface area contributed by atoms with Crippen LogP contribution in [-0.2, 0) is 15.6 Å². The molecule has 4 atom stereocenters. The van der Waals surface area contributed by atoms with E-state index >= 15 is 0 Å². The van der Waals surface area contributed by atoms with Gasteiger partial charge in [0.25, 0.3) is 0 Å².